The fourth-order valence-electron chi connectivity index (χ4n) is 4.16. The van der Waals surface area contributed by atoms with E-state index in [-0.39, 0.29) is 29.9 Å². The van der Waals surface area contributed by atoms with Crippen LogP contribution in [0.2, 0.25) is 0 Å². The van der Waals surface area contributed by atoms with Gasteiger partial charge < -0.3 is 15.0 Å². The van der Waals surface area contributed by atoms with Crippen molar-refractivity contribution in [2.24, 2.45) is 0 Å². The van der Waals surface area contributed by atoms with Crippen LogP contribution in [0.5, 0.6) is 5.75 Å². The Morgan fingerprint density at radius 3 is 2.11 bits per heavy atom. The molecule has 1 N–H and O–H groups in total. The van der Waals surface area contributed by atoms with Gasteiger partial charge in [0, 0.05) is 19.0 Å². The monoisotopic (exact) mass is 514 g/mol. The second kappa shape index (κ2) is 13.3. The predicted molar refractivity (Wildman–Crippen MR) is 154 cm³/mol. The van der Waals surface area contributed by atoms with E-state index in [0.29, 0.717) is 18.7 Å². The smallest absolute Gasteiger partial charge is 0.261 e. The van der Waals surface area contributed by atoms with Crippen LogP contribution < -0.4 is 10.1 Å². The van der Waals surface area contributed by atoms with Crippen molar-refractivity contribution in [3.63, 3.8) is 0 Å². The lowest BCUT2D eigenvalue weighted by Crippen LogP contribution is -2.53. The number of rotatable bonds is 11. The number of ether oxygens (including phenoxy) is 1. The van der Waals surface area contributed by atoms with Gasteiger partial charge in [-0.25, -0.2) is 0 Å². The number of hydrogen-bond acceptors (Lipinski definition) is 3. The number of nitrogens with zero attached hydrogens (tertiary/aromatic N) is 1. The van der Waals surface area contributed by atoms with E-state index >= 15 is 0 Å². The fourth-order valence-corrected chi connectivity index (χ4v) is 4.16. The first-order chi connectivity index (χ1) is 18.1. The van der Waals surface area contributed by atoms with Crippen LogP contribution in [0.3, 0.4) is 0 Å². The molecule has 202 valence electrons. The summed E-state index contributed by atoms with van der Waals surface area (Å²) in [6, 6.07) is 25.1. The standard InChI is InChI=1S/C33H42N2O3/c1-7-25(3)34-32(37)30(21-26-11-9-8-10-12-26)35(22-27-15-13-24(2)14-16-27)31(36)23-38-29-19-17-28(18-20-29)33(4,5)6/h8-20,25,30H,7,21-23H2,1-6H3,(H,34,37)/t25-,30-/m0/s1. The van der Waals surface area contributed by atoms with Crippen molar-refractivity contribution >= 4 is 11.8 Å². The average molecular weight is 515 g/mol. The summed E-state index contributed by atoms with van der Waals surface area (Å²) >= 11 is 0. The van der Waals surface area contributed by atoms with E-state index in [1.807, 2.05) is 99.6 Å². The summed E-state index contributed by atoms with van der Waals surface area (Å²) in [7, 11) is 0. The average Bonchev–Trinajstić information content (AvgIpc) is 2.90. The van der Waals surface area contributed by atoms with E-state index in [1.54, 1.807) is 4.90 Å². The van der Waals surface area contributed by atoms with Crippen LogP contribution >= 0.6 is 0 Å². The Kier molecular flexibility index (Phi) is 10.1. The molecule has 0 radical (unpaired) electrons. The third-order valence-electron chi connectivity index (χ3n) is 6.83. The third kappa shape index (κ3) is 8.47. The first-order valence-electron chi connectivity index (χ1n) is 13.5. The lowest BCUT2D eigenvalue weighted by Gasteiger charge is -2.32. The van der Waals surface area contributed by atoms with Gasteiger partial charge in [0.25, 0.3) is 5.91 Å². The molecular weight excluding hydrogens is 472 g/mol. The van der Waals surface area contributed by atoms with Gasteiger partial charge in [0.15, 0.2) is 6.61 Å². The van der Waals surface area contributed by atoms with Crippen molar-refractivity contribution in [1.82, 2.24) is 10.2 Å². The first-order valence-corrected chi connectivity index (χ1v) is 13.5. The van der Waals surface area contributed by atoms with Gasteiger partial charge in [0.1, 0.15) is 11.8 Å². The summed E-state index contributed by atoms with van der Waals surface area (Å²) in [5.41, 5.74) is 4.34. The zero-order valence-electron chi connectivity index (χ0n) is 23.7. The predicted octanol–water partition coefficient (Wildman–Crippen LogP) is 6.23. The Labute approximate surface area is 228 Å². The highest BCUT2D eigenvalue weighted by Crippen LogP contribution is 2.24. The number of benzene rings is 3. The highest BCUT2D eigenvalue weighted by Gasteiger charge is 2.31. The molecule has 5 nitrogen and oxygen atoms in total. The van der Waals surface area contributed by atoms with E-state index in [2.05, 4.69) is 26.1 Å². The summed E-state index contributed by atoms with van der Waals surface area (Å²) in [5, 5.41) is 3.10. The molecule has 0 fully saturated rings. The molecule has 3 aromatic rings. The molecule has 3 aromatic carbocycles. The number of nitrogens with one attached hydrogen (secondary N) is 1. The van der Waals surface area contributed by atoms with Gasteiger partial charge in [-0.05, 0) is 54.5 Å². The first kappa shape index (κ1) is 29.0. The summed E-state index contributed by atoms with van der Waals surface area (Å²) in [5.74, 6) is 0.245. The molecule has 2 amide bonds. The highest BCUT2D eigenvalue weighted by atomic mass is 16.5. The molecule has 0 aromatic heterocycles. The lowest BCUT2D eigenvalue weighted by molar-refractivity contribution is -0.143. The molecular formula is C33H42N2O3. The van der Waals surface area contributed by atoms with Crippen molar-refractivity contribution in [2.75, 3.05) is 6.61 Å². The highest BCUT2D eigenvalue weighted by molar-refractivity contribution is 5.88. The largest absolute Gasteiger partial charge is 0.484 e. The third-order valence-corrected chi connectivity index (χ3v) is 6.83. The Morgan fingerprint density at radius 2 is 1.53 bits per heavy atom. The van der Waals surface area contributed by atoms with Gasteiger partial charge in [0.2, 0.25) is 5.91 Å². The van der Waals surface area contributed by atoms with E-state index in [4.69, 9.17) is 4.74 Å². The zero-order valence-corrected chi connectivity index (χ0v) is 23.7. The van der Waals surface area contributed by atoms with Gasteiger partial charge in [0.05, 0.1) is 0 Å². The molecule has 0 aliphatic heterocycles. The molecule has 0 saturated heterocycles. The Bertz CT molecular complexity index is 1170. The second-order valence-electron chi connectivity index (χ2n) is 11.1. The number of carbonyl (C=O) groups excluding carboxylic acids is 2. The van der Waals surface area contributed by atoms with Crippen molar-refractivity contribution in [3.05, 3.63) is 101 Å². The minimum absolute atomic E-state index is 0.00896. The Morgan fingerprint density at radius 1 is 0.895 bits per heavy atom. The van der Waals surface area contributed by atoms with Crippen LogP contribution in [0.25, 0.3) is 0 Å². The number of carbonyl (C=O) groups is 2. The van der Waals surface area contributed by atoms with Gasteiger partial charge in [-0.2, -0.15) is 0 Å². The summed E-state index contributed by atoms with van der Waals surface area (Å²) in [6.45, 7) is 12.7. The van der Waals surface area contributed by atoms with Crippen LogP contribution in [-0.2, 0) is 28.0 Å². The van der Waals surface area contributed by atoms with Crippen molar-refractivity contribution in [2.45, 2.75) is 78.4 Å². The lowest BCUT2D eigenvalue weighted by atomic mass is 9.87. The van der Waals surface area contributed by atoms with Crippen molar-refractivity contribution < 1.29 is 14.3 Å². The quantitative estimate of drug-likeness (QED) is 0.330. The summed E-state index contributed by atoms with van der Waals surface area (Å²) in [4.78, 5) is 29.0. The van der Waals surface area contributed by atoms with E-state index in [0.717, 1.165) is 23.1 Å². The maximum atomic E-state index is 13.7. The van der Waals surface area contributed by atoms with Crippen molar-refractivity contribution in [1.29, 1.82) is 0 Å². The molecule has 0 unspecified atom stereocenters. The molecule has 0 spiro atoms. The van der Waals surface area contributed by atoms with Crippen LogP contribution in [0.15, 0.2) is 78.9 Å². The Balaban J connectivity index is 1.88. The Hall–Kier alpha value is -3.60. The fraction of sp³-hybridized carbons (Fsp3) is 0.394. The molecule has 3 rings (SSSR count). The SMILES string of the molecule is CC[C@H](C)NC(=O)[C@H](Cc1ccccc1)N(Cc1ccc(C)cc1)C(=O)COc1ccc(C(C)(C)C)cc1. The van der Waals surface area contributed by atoms with Crippen molar-refractivity contribution in [3.8, 4) is 5.75 Å². The molecule has 38 heavy (non-hydrogen) atoms. The minimum atomic E-state index is -0.674. The van der Waals surface area contributed by atoms with Crippen LogP contribution in [0, 0.1) is 6.92 Å². The van der Waals surface area contributed by atoms with Crippen LogP contribution in [0.1, 0.15) is 63.3 Å². The summed E-state index contributed by atoms with van der Waals surface area (Å²) < 4.78 is 5.93. The van der Waals surface area contributed by atoms with Gasteiger partial charge >= 0.3 is 0 Å². The maximum absolute atomic E-state index is 13.7. The summed E-state index contributed by atoms with van der Waals surface area (Å²) in [6.07, 6.45) is 1.23. The zero-order chi connectivity index (χ0) is 27.7. The maximum Gasteiger partial charge on any atom is 0.261 e. The van der Waals surface area contributed by atoms with E-state index < -0.39 is 6.04 Å². The van der Waals surface area contributed by atoms with Crippen LogP contribution in [-0.4, -0.2) is 35.4 Å². The molecule has 0 saturated carbocycles. The topological polar surface area (TPSA) is 58.6 Å². The molecule has 0 aliphatic carbocycles. The number of aryl methyl sites for hydroxylation is 1. The van der Waals surface area contributed by atoms with Gasteiger partial charge in [-0.15, -0.1) is 0 Å². The molecule has 2 atom stereocenters. The minimum Gasteiger partial charge on any atom is -0.484 e. The van der Waals surface area contributed by atoms with Gasteiger partial charge in [-0.1, -0.05) is 100.0 Å². The van der Waals surface area contributed by atoms with Crippen LogP contribution in [0.4, 0.5) is 0 Å². The molecule has 0 heterocycles. The van der Waals surface area contributed by atoms with E-state index in [9.17, 15) is 9.59 Å². The molecule has 0 aliphatic rings. The normalized spacial score (nSPS) is 12.9. The molecule has 0 bridgehead atoms. The van der Waals surface area contributed by atoms with E-state index in [1.165, 1.54) is 5.56 Å². The second-order valence-corrected chi connectivity index (χ2v) is 11.1. The number of hydrogen-bond donors (Lipinski definition) is 1. The molecule has 5 heteroatoms. The van der Waals surface area contributed by atoms with Gasteiger partial charge in [-0.3, -0.25) is 9.59 Å². The number of amides is 2.